The first-order valence-corrected chi connectivity index (χ1v) is 8.61. The first kappa shape index (κ1) is 18.8. The van der Waals surface area contributed by atoms with Crippen LogP contribution in [0, 0.1) is 0 Å². The van der Waals surface area contributed by atoms with Crippen LogP contribution in [-0.4, -0.2) is 48.4 Å². The van der Waals surface area contributed by atoms with Gasteiger partial charge in [-0.25, -0.2) is 0 Å². The van der Waals surface area contributed by atoms with E-state index in [1.54, 1.807) is 0 Å². The second kappa shape index (κ2) is 9.66. The molecule has 0 aliphatic carbocycles. The molecule has 1 unspecified atom stereocenters. The molecule has 1 aliphatic heterocycles. The van der Waals surface area contributed by atoms with E-state index >= 15 is 0 Å². The average molecular weight is 347 g/mol. The minimum absolute atomic E-state index is 0.114. The molecule has 1 fully saturated rings. The predicted molar refractivity (Wildman–Crippen MR) is 92.7 cm³/mol. The van der Waals surface area contributed by atoms with E-state index in [0.717, 1.165) is 12.2 Å². The number of primary amides is 1. The van der Waals surface area contributed by atoms with E-state index < -0.39 is 11.9 Å². The molecule has 0 aromatic heterocycles. The van der Waals surface area contributed by atoms with Gasteiger partial charge in [-0.15, -0.1) is 0 Å². The van der Waals surface area contributed by atoms with Crippen LogP contribution in [0.3, 0.4) is 0 Å². The summed E-state index contributed by atoms with van der Waals surface area (Å²) in [6.07, 6.45) is 2.52. The Balaban J connectivity index is 1.57. The fourth-order valence-corrected chi connectivity index (χ4v) is 2.84. The van der Waals surface area contributed by atoms with Crippen LogP contribution in [0.25, 0.3) is 0 Å². The van der Waals surface area contributed by atoms with E-state index in [1.165, 1.54) is 4.90 Å². The summed E-state index contributed by atoms with van der Waals surface area (Å²) in [5.41, 5.74) is 5.30. The Morgan fingerprint density at radius 1 is 1.20 bits per heavy atom. The smallest absolute Gasteiger partial charge is 0.240 e. The lowest BCUT2D eigenvalue weighted by Gasteiger charge is -2.22. The largest absolute Gasteiger partial charge is 0.494 e. The summed E-state index contributed by atoms with van der Waals surface area (Å²) >= 11 is 0. The van der Waals surface area contributed by atoms with Gasteiger partial charge in [0.15, 0.2) is 0 Å². The molecular formula is C18H25N3O4. The van der Waals surface area contributed by atoms with Crippen LogP contribution in [0.4, 0.5) is 0 Å². The Bertz CT molecular complexity index is 591. The zero-order valence-electron chi connectivity index (χ0n) is 14.3. The monoisotopic (exact) mass is 347 g/mol. The van der Waals surface area contributed by atoms with E-state index in [9.17, 15) is 14.4 Å². The van der Waals surface area contributed by atoms with E-state index in [0.29, 0.717) is 32.4 Å². The number of amides is 3. The molecule has 7 nitrogen and oxygen atoms in total. The number of nitrogens with one attached hydrogen (secondary N) is 1. The number of para-hydroxylation sites is 1. The molecular weight excluding hydrogens is 322 g/mol. The van der Waals surface area contributed by atoms with Gasteiger partial charge in [-0.05, 0) is 31.4 Å². The first-order chi connectivity index (χ1) is 12.1. The zero-order chi connectivity index (χ0) is 18.1. The Labute approximate surface area is 147 Å². The van der Waals surface area contributed by atoms with Crippen LogP contribution in [0.2, 0.25) is 0 Å². The summed E-state index contributed by atoms with van der Waals surface area (Å²) in [5, 5.41) is 2.72. The minimum Gasteiger partial charge on any atom is -0.494 e. The lowest BCUT2D eigenvalue weighted by atomic mass is 10.2. The fourth-order valence-electron chi connectivity index (χ4n) is 2.84. The summed E-state index contributed by atoms with van der Waals surface area (Å²) in [4.78, 5) is 36.7. The molecule has 1 aromatic rings. The van der Waals surface area contributed by atoms with Crippen LogP contribution in [0.15, 0.2) is 30.3 Å². The van der Waals surface area contributed by atoms with Crippen molar-refractivity contribution in [3.8, 4) is 5.75 Å². The van der Waals surface area contributed by atoms with E-state index in [-0.39, 0.29) is 24.8 Å². The molecule has 1 aromatic carbocycles. The first-order valence-electron chi connectivity index (χ1n) is 8.61. The van der Waals surface area contributed by atoms with Gasteiger partial charge in [0.2, 0.25) is 17.7 Å². The summed E-state index contributed by atoms with van der Waals surface area (Å²) < 4.78 is 5.52. The molecule has 1 atom stereocenters. The third kappa shape index (κ3) is 6.10. The van der Waals surface area contributed by atoms with Crippen molar-refractivity contribution in [1.29, 1.82) is 0 Å². The van der Waals surface area contributed by atoms with Crippen molar-refractivity contribution in [1.82, 2.24) is 10.2 Å². The van der Waals surface area contributed by atoms with Crippen molar-refractivity contribution in [3.63, 3.8) is 0 Å². The molecule has 7 heteroatoms. The maximum atomic E-state index is 12.1. The second-order valence-electron chi connectivity index (χ2n) is 6.01. The lowest BCUT2D eigenvalue weighted by molar-refractivity contribution is -0.137. The molecule has 25 heavy (non-hydrogen) atoms. The van der Waals surface area contributed by atoms with Gasteiger partial charge in [0.1, 0.15) is 11.8 Å². The van der Waals surface area contributed by atoms with Crippen molar-refractivity contribution in [2.45, 2.75) is 38.1 Å². The molecule has 136 valence electrons. The van der Waals surface area contributed by atoms with Crippen molar-refractivity contribution >= 4 is 17.7 Å². The molecule has 0 spiro atoms. The lowest BCUT2D eigenvalue weighted by Crippen LogP contribution is -2.44. The number of nitrogens with two attached hydrogens (primary N) is 1. The van der Waals surface area contributed by atoms with Gasteiger partial charge in [0.25, 0.3) is 0 Å². The van der Waals surface area contributed by atoms with E-state index in [2.05, 4.69) is 5.32 Å². The molecule has 1 aliphatic rings. The van der Waals surface area contributed by atoms with Gasteiger partial charge in [-0.2, -0.15) is 0 Å². The minimum atomic E-state index is -0.502. The molecule has 0 radical (unpaired) electrons. The Morgan fingerprint density at radius 3 is 2.68 bits per heavy atom. The number of carbonyl (C=O) groups is 3. The normalized spacial score (nSPS) is 16.5. The van der Waals surface area contributed by atoms with Crippen molar-refractivity contribution in [3.05, 3.63) is 30.3 Å². The zero-order valence-corrected chi connectivity index (χ0v) is 14.3. The Morgan fingerprint density at radius 2 is 1.96 bits per heavy atom. The number of benzene rings is 1. The summed E-state index contributed by atoms with van der Waals surface area (Å²) in [7, 11) is 0. The third-order valence-electron chi connectivity index (χ3n) is 4.12. The molecule has 3 amide bonds. The van der Waals surface area contributed by atoms with Gasteiger partial charge in [0, 0.05) is 25.9 Å². The fraction of sp³-hybridized carbons (Fsp3) is 0.500. The second-order valence-corrected chi connectivity index (χ2v) is 6.01. The number of hydrogen-bond acceptors (Lipinski definition) is 4. The topological polar surface area (TPSA) is 102 Å². The predicted octanol–water partition coefficient (Wildman–Crippen LogP) is 0.828. The van der Waals surface area contributed by atoms with E-state index in [1.807, 2.05) is 30.3 Å². The highest BCUT2D eigenvalue weighted by Gasteiger charge is 2.32. The van der Waals surface area contributed by atoms with Crippen molar-refractivity contribution in [2.75, 3.05) is 19.7 Å². The van der Waals surface area contributed by atoms with Crippen molar-refractivity contribution in [2.24, 2.45) is 5.73 Å². The van der Waals surface area contributed by atoms with E-state index in [4.69, 9.17) is 10.5 Å². The van der Waals surface area contributed by atoms with Gasteiger partial charge in [-0.1, -0.05) is 18.2 Å². The van der Waals surface area contributed by atoms with Crippen LogP contribution in [0.5, 0.6) is 5.75 Å². The molecule has 0 bridgehead atoms. The molecule has 1 heterocycles. The van der Waals surface area contributed by atoms with Gasteiger partial charge < -0.3 is 20.7 Å². The highest BCUT2D eigenvalue weighted by Crippen LogP contribution is 2.17. The maximum Gasteiger partial charge on any atom is 0.240 e. The standard InChI is InChI=1S/C18H25N3O4/c19-18(24)15-8-4-12-21(15)17(23)10-11-20-16(22)9-5-13-25-14-6-2-1-3-7-14/h1-3,6-7,15H,4-5,8-13H2,(H2,19,24)(H,20,22). The maximum absolute atomic E-state index is 12.1. The summed E-state index contributed by atoms with van der Waals surface area (Å²) in [6, 6.07) is 8.92. The number of hydrogen-bond donors (Lipinski definition) is 2. The van der Waals surface area contributed by atoms with Crippen LogP contribution in [0.1, 0.15) is 32.1 Å². The number of ether oxygens (including phenoxy) is 1. The van der Waals surface area contributed by atoms with Crippen LogP contribution in [-0.2, 0) is 14.4 Å². The Kier molecular flexibility index (Phi) is 7.25. The highest BCUT2D eigenvalue weighted by molar-refractivity contribution is 5.87. The van der Waals surface area contributed by atoms with Gasteiger partial charge in [-0.3, -0.25) is 14.4 Å². The van der Waals surface area contributed by atoms with Crippen LogP contribution >= 0.6 is 0 Å². The summed E-state index contributed by atoms with van der Waals surface area (Å²) in [5.74, 6) is 0.0581. The molecule has 3 N–H and O–H groups in total. The number of nitrogens with zero attached hydrogens (tertiary/aromatic N) is 1. The number of carbonyl (C=O) groups excluding carboxylic acids is 3. The summed E-state index contributed by atoms with van der Waals surface area (Å²) in [6.45, 7) is 1.28. The Hall–Kier alpha value is -2.57. The number of likely N-dealkylation sites (tertiary alicyclic amines) is 1. The number of rotatable bonds is 9. The van der Waals surface area contributed by atoms with Crippen LogP contribution < -0.4 is 15.8 Å². The van der Waals surface area contributed by atoms with Crippen molar-refractivity contribution < 1.29 is 19.1 Å². The quantitative estimate of drug-likeness (QED) is 0.646. The third-order valence-corrected chi connectivity index (χ3v) is 4.12. The molecule has 1 saturated heterocycles. The molecule has 2 rings (SSSR count). The highest BCUT2D eigenvalue weighted by atomic mass is 16.5. The molecule has 0 saturated carbocycles. The SMILES string of the molecule is NC(=O)C1CCCN1C(=O)CCNC(=O)CCCOc1ccccc1. The average Bonchev–Trinajstić information content (AvgIpc) is 3.10. The van der Waals surface area contributed by atoms with Gasteiger partial charge in [0.05, 0.1) is 6.61 Å². The van der Waals surface area contributed by atoms with Gasteiger partial charge >= 0.3 is 0 Å².